The lowest BCUT2D eigenvalue weighted by Gasteiger charge is -2.41. The van der Waals surface area contributed by atoms with Crippen LogP contribution in [0.4, 0.5) is 0 Å². The molecule has 1 aliphatic rings. The van der Waals surface area contributed by atoms with Crippen molar-refractivity contribution in [2.45, 2.75) is 69.9 Å². The summed E-state index contributed by atoms with van der Waals surface area (Å²) in [7, 11) is 0. The largest absolute Gasteiger partial charge is 0.479 e. The van der Waals surface area contributed by atoms with Crippen molar-refractivity contribution < 1.29 is 29.2 Å². The van der Waals surface area contributed by atoms with Crippen LogP contribution in [0.25, 0.3) is 0 Å². The van der Waals surface area contributed by atoms with Crippen molar-refractivity contribution in [2.24, 2.45) is 0 Å². The Hall–Kier alpha value is -3.29. The molecule has 0 saturated carbocycles. The fraction of sp³-hybridized carbons (Fsp3) is 0.400. The Morgan fingerprint density at radius 2 is 1.80 bits per heavy atom. The number of hydrogen-bond donors (Lipinski definition) is 2. The average molecular weight is 559 g/mol. The maximum atomic E-state index is 12.3. The number of rotatable bonds is 15. The summed E-state index contributed by atoms with van der Waals surface area (Å²) in [5.41, 5.74) is 5.06. The van der Waals surface area contributed by atoms with Crippen LogP contribution in [-0.2, 0) is 38.5 Å². The van der Waals surface area contributed by atoms with Crippen molar-refractivity contribution in [3.8, 4) is 0 Å². The summed E-state index contributed by atoms with van der Waals surface area (Å²) in [6.07, 6.45) is 5.40. The molecule has 3 aromatic carbocycles. The lowest BCUT2D eigenvalue weighted by molar-refractivity contribution is -0.212. The second kappa shape index (κ2) is 15.1. The molecule has 4 rings (SSSR count). The van der Waals surface area contributed by atoms with E-state index in [4.69, 9.17) is 14.2 Å². The van der Waals surface area contributed by atoms with E-state index in [1.54, 1.807) is 6.08 Å². The normalized spacial score (nSPS) is 20.5. The molecule has 6 heteroatoms. The van der Waals surface area contributed by atoms with Crippen molar-refractivity contribution in [2.75, 3.05) is 19.8 Å². The number of aliphatic hydroxyl groups is 1. The smallest absolute Gasteiger partial charge is 0.338 e. The number of aryl methyl sites for hydroxylation is 2. The molecule has 41 heavy (non-hydrogen) atoms. The van der Waals surface area contributed by atoms with Crippen LogP contribution in [0.5, 0.6) is 0 Å². The van der Waals surface area contributed by atoms with Gasteiger partial charge in [0.15, 0.2) is 5.60 Å². The average Bonchev–Trinajstić information content (AvgIpc) is 3.00. The summed E-state index contributed by atoms with van der Waals surface area (Å²) in [6.45, 7) is 6.88. The zero-order valence-corrected chi connectivity index (χ0v) is 24.0. The highest BCUT2D eigenvalue weighted by atomic mass is 16.6. The molecule has 218 valence electrons. The number of aliphatic hydroxyl groups excluding tert-OH is 1. The molecule has 2 N–H and O–H groups in total. The molecule has 0 aliphatic carbocycles. The van der Waals surface area contributed by atoms with Crippen LogP contribution >= 0.6 is 0 Å². The van der Waals surface area contributed by atoms with Crippen LogP contribution in [0, 0.1) is 6.92 Å². The number of carboxylic acid groups (broad SMARTS) is 1. The second-order valence-corrected chi connectivity index (χ2v) is 10.9. The first-order valence-electron chi connectivity index (χ1n) is 14.5. The third kappa shape index (κ3) is 8.60. The molecule has 0 aromatic heterocycles. The molecule has 0 radical (unpaired) electrons. The van der Waals surface area contributed by atoms with Crippen molar-refractivity contribution in [3.05, 3.63) is 119 Å². The number of carboxylic acids is 1. The van der Waals surface area contributed by atoms with E-state index in [1.807, 2.05) is 36.4 Å². The van der Waals surface area contributed by atoms with Crippen molar-refractivity contribution in [1.29, 1.82) is 0 Å². The maximum absolute atomic E-state index is 12.3. The summed E-state index contributed by atoms with van der Waals surface area (Å²) >= 11 is 0. The predicted octanol–water partition coefficient (Wildman–Crippen LogP) is 6.36. The highest BCUT2D eigenvalue weighted by Crippen LogP contribution is 2.40. The second-order valence-electron chi connectivity index (χ2n) is 10.9. The molecule has 0 spiro atoms. The minimum atomic E-state index is -1.71. The molecule has 3 atom stereocenters. The predicted molar refractivity (Wildman–Crippen MR) is 160 cm³/mol. The molecule has 0 unspecified atom stereocenters. The molecule has 1 aliphatic heterocycles. The molecule has 0 bridgehead atoms. The number of carbonyl (C=O) groups is 1. The van der Waals surface area contributed by atoms with Crippen molar-refractivity contribution in [3.63, 3.8) is 0 Å². The molecular weight excluding hydrogens is 516 g/mol. The van der Waals surface area contributed by atoms with Gasteiger partial charge in [0.2, 0.25) is 0 Å². The van der Waals surface area contributed by atoms with Crippen LogP contribution in [0.1, 0.15) is 65.2 Å². The number of benzene rings is 3. The fourth-order valence-corrected chi connectivity index (χ4v) is 5.31. The molecule has 3 aromatic rings. The van der Waals surface area contributed by atoms with Crippen molar-refractivity contribution >= 4 is 5.97 Å². The maximum Gasteiger partial charge on any atom is 0.338 e. The van der Waals surface area contributed by atoms with Gasteiger partial charge in [-0.3, -0.25) is 0 Å². The first-order valence-corrected chi connectivity index (χ1v) is 14.5. The van der Waals surface area contributed by atoms with E-state index in [-0.39, 0.29) is 12.5 Å². The zero-order valence-electron chi connectivity index (χ0n) is 24.0. The summed E-state index contributed by atoms with van der Waals surface area (Å²) in [4.78, 5) is 12.3. The Labute approximate surface area is 243 Å². The van der Waals surface area contributed by atoms with Gasteiger partial charge in [0.05, 0.1) is 32.0 Å². The van der Waals surface area contributed by atoms with E-state index >= 15 is 0 Å². The van der Waals surface area contributed by atoms with E-state index in [1.165, 1.54) is 11.1 Å². The summed E-state index contributed by atoms with van der Waals surface area (Å²) in [5, 5.41) is 20.2. The van der Waals surface area contributed by atoms with Gasteiger partial charge in [0.1, 0.15) is 0 Å². The molecule has 1 heterocycles. The number of hydrogen-bond acceptors (Lipinski definition) is 5. The molecule has 1 fully saturated rings. The van der Waals surface area contributed by atoms with Crippen LogP contribution in [-0.4, -0.2) is 47.7 Å². The van der Waals surface area contributed by atoms with E-state index in [0.29, 0.717) is 19.6 Å². The monoisotopic (exact) mass is 558 g/mol. The Bertz CT molecular complexity index is 1260. The van der Waals surface area contributed by atoms with Crippen molar-refractivity contribution in [1.82, 2.24) is 0 Å². The molecular formula is C35H42O6. The van der Waals surface area contributed by atoms with Gasteiger partial charge >= 0.3 is 5.97 Å². The Balaban J connectivity index is 1.44. The van der Waals surface area contributed by atoms with Gasteiger partial charge in [0.25, 0.3) is 0 Å². The number of aliphatic carboxylic acids is 1. The highest BCUT2D eigenvalue weighted by molar-refractivity contribution is 5.78. The Kier molecular flexibility index (Phi) is 11.3. The number of unbranched alkanes of at least 4 members (excludes halogenated alkanes) is 1. The highest BCUT2D eigenvalue weighted by Gasteiger charge is 2.48. The molecule has 1 saturated heterocycles. The molecule has 0 amide bonds. The third-order valence-electron chi connectivity index (χ3n) is 7.78. The minimum Gasteiger partial charge on any atom is -0.479 e. The first kappa shape index (κ1) is 30.7. The van der Waals surface area contributed by atoms with Crippen LogP contribution in [0.15, 0.2) is 85.5 Å². The Morgan fingerprint density at radius 1 is 1.05 bits per heavy atom. The standard InChI is InChI=1S/C35H42O6/c1-3-18-39-19-8-7-9-27-13-15-28(16-14-27)20-31-21-30(17-12-26(31)2)33-22-32(23-35(25-36,41-33)34(37)38)40-24-29-10-5-4-6-11-29/h3-6,10-17,21,32-33,36H,1,7-9,18-20,22-25H2,2H3,(H,37,38)/t32-,33-,35-/m1/s1. The third-order valence-corrected chi connectivity index (χ3v) is 7.78. The van der Waals surface area contributed by atoms with Crippen LogP contribution < -0.4 is 0 Å². The lowest BCUT2D eigenvalue weighted by atomic mass is 9.86. The molecule has 6 nitrogen and oxygen atoms in total. The van der Waals surface area contributed by atoms with Gasteiger partial charge in [-0.05, 0) is 66.0 Å². The fourth-order valence-electron chi connectivity index (χ4n) is 5.31. The SMILES string of the molecule is C=CCOCCCCc1ccc(Cc2cc([C@H]3C[C@@H](OCc4ccccc4)C[C@@](CO)(C(=O)O)O3)ccc2C)cc1. The zero-order chi connectivity index (χ0) is 29.1. The topological polar surface area (TPSA) is 85.2 Å². The van der Waals surface area contributed by atoms with E-state index < -0.39 is 24.3 Å². The summed E-state index contributed by atoms with van der Waals surface area (Å²) < 4.78 is 17.8. The van der Waals surface area contributed by atoms with E-state index in [2.05, 4.69) is 49.9 Å². The van der Waals surface area contributed by atoms with Gasteiger partial charge in [-0.25, -0.2) is 4.79 Å². The van der Waals surface area contributed by atoms with Gasteiger partial charge in [0, 0.05) is 19.4 Å². The lowest BCUT2D eigenvalue weighted by Crippen LogP contribution is -2.52. The van der Waals surface area contributed by atoms with Gasteiger partial charge in [-0.15, -0.1) is 6.58 Å². The number of ether oxygens (including phenoxy) is 3. The van der Waals surface area contributed by atoms with Gasteiger partial charge < -0.3 is 24.4 Å². The van der Waals surface area contributed by atoms with E-state index in [0.717, 1.165) is 54.5 Å². The van der Waals surface area contributed by atoms with Crippen LogP contribution in [0.3, 0.4) is 0 Å². The quantitative estimate of drug-likeness (QED) is 0.167. The summed E-state index contributed by atoms with van der Waals surface area (Å²) in [5.74, 6) is -1.17. The first-order chi connectivity index (χ1) is 19.9. The summed E-state index contributed by atoms with van der Waals surface area (Å²) in [6, 6.07) is 24.7. The van der Waals surface area contributed by atoms with E-state index in [9.17, 15) is 15.0 Å². The minimum absolute atomic E-state index is 0.0923. The van der Waals surface area contributed by atoms with Gasteiger partial charge in [-0.1, -0.05) is 78.9 Å². The van der Waals surface area contributed by atoms with Gasteiger partial charge in [-0.2, -0.15) is 0 Å². The van der Waals surface area contributed by atoms with Crippen LogP contribution in [0.2, 0.25) is 0 Å². The Morgan fingerprint density at radius 3 is 2.51 bits per heavy atom.